The predicted molar refractivity (Wildman–Crippen MR) is 142 cm³/mol. The van der Waals surface area contributed by atoms with E-state index in [0.29, 0.717) is 0 Å². The van der Waals surface area contributed by atoms with Gasteiger partial charge in [-0.3, -0.25) is 0 Å². The highest BCUT2D eigenvalue weighted by atomic mass is 19.1. The van der Waals surface area contributed by atoms with E-state index in [-0.39, 0.29) is 6.10 Å². The SMILES string of the molecule is CCCCCCCCCCC(O)CCCCCCCCCC(F)CCCCCCCCC. The molecule has 0 aliphatic rings. The summed E-state index contributed by atoms with van der Waals surface area (Å²) >= 11 is 0. The smallest absolute Gasteiger partial charge is 0.100 e. The van der Waals surface area contributed by atoms with Gasteiger partial charge in [0.2, 0.25) is 0 Å². The molecule has 0 radical (unpaired) electrons. The van der Waals surface area contributed by atoms with Crippen molar-refractivity contribution in [3.63, 3.8) is 0 Å². The molecule has 1 N–H and O–H groups in total. The van der Waals surface area contributed by atoms with E-state index >= 15 is 0 Å². The van der Waals surface area contributed by atoms with Crippen LogP contribution in [0.3, 0.4) is 0 Å². The van der Waals surface area contributed by atoms with Crippen LogP contribution in [0.5, 0.6) is 0 Å². The summed E-state index contributed by atoms with van der Waals surface area (Å²) in [6, 6.07) is 0. The molecule has 32 heavy (non-hydrogen) atoms. The number of unbranched alkanes of at least 4 members (excludes halogenated alkanes) is 19. The summed E-state index contributed by atoms with van der Waals surface area (Å²) in [5.74, 6) is 0. The van der Waals surface area contributed by atoms with Crippen LogP contribution < -0.4 is 0 Å². The molecule has 0 fully saturated rings. The molecule has 0 rings (SSSR count). The van der Waals surface area contributed by atoms with Gasteiger partial charge in [-0.15, -0.1) is 0 Å². The molecule has 2 heteroatoms. The van der Waals surface area contributed by atoms with E-state index in [1.54, 1.807) is 0 Å². The van der Waals surface area contributed by atoms with Crippen molar-refractivity contribution in [3.8, 4) is 0 Å². The second-order valence-corrected chi connectivity index (χ2v) is 10.5. The first-order valence-corrected chi connectivity index (χ1v) is 15.0. The van der Waals surface area contributed by atoms with Crippen LogP contribution in [0.4, 0.5) is 4.39 Å². The minimum absolute atomic E-state index is 0.0760. The maximum Gasteiger partial charge on any atom is 0.100 e. The molecule has 0 amide bonds. The molecule has 0 saturated heterocycles. The summed E-state index contributed by atoms with van der Waals surface area (Å²) in [7, 11) is 0. The maximum absolute atomic E-state index is 14.0. The van der Waals surface area contributed by atoms with Crippen LogP contribution in [-0.4, -0.2) is 17.4 Å². The minimum atomic E-state index is -0.562. The first-order valence-electron chi connectivity index (χ1n) is 15.0. The lowest BCUT2D eigenvalue weighted by Gasteiger charge is -2.10. The van der Waals surface area contributed by atoms with E-state index in [2.05, 4.69) is 13.8 Å². The highest BCUT2D eigenvalue weighted by molar-refractivity contribution is 4.59. The van der Waals surface area contributed by atoms with Gasteiger partial charge in [-0.1, -0.05) is 155 Å². The zero-order valence-electron chi connectivity index (χ0n) is 22.4. The molecule has 0 aromatic heterocycles. The van der Waals surface area contributed by atoms with E-state index in [9.17, 15) is 9.50 Å². The first-order chi connectivity index (χ1) is 15.7. The molecule has 2 atom stereocenters. The Morgan fingerprint density at radius 2 is 0.656 bits per heavy atom. The Morgan fingerprint density at radius 3 is 0.969 bits per heavy atom. The van der Waals surface area contributed by atoms with E-state index < -0.39 is 6.17 Å². The third kappa shape index (κ3) is 26.1. The fourth-order valence-electron chi connectivity index (χ4n) is 4.76. The normalized spacial score (nSPS) is 13.5. The van der Waals surface area contributed by atoms with Gasteiger partial charge in [0.15, 0.2) is 0 Å². The number of hydrogen-bond acceptors (Lipinski definition) is 1. The van der Waals surface area contributed by atoms with Crippen molar-refractivity contribution in [3.05, 3.63) is 0 Å². The van der Waals surface area contributed by atoms with Crippen molar-refractivity contribution in [1.82, 2.24) is 0 Å². The number of rotatable bonds is 27. The number of halogens is 1. The molecule has 0 saturated carbocycles. The molecule has 1 nitrogen and oxygen atoms in total. The van der Waals surface area contributed by atoms with Gasteiger partial charge in [0.25, 0.3) is 0 Å². The molecular weight excluding hydrogens is 395 g/mol. The summed E-state index contributed by atoms with van der Waals surface area (Å²) in [6.45, 7) is 4.52. The molecule has 194 valence electrons. The molecular formula is C30H61FO. The summed E-state index contributed by atoms with van der Waals surface area (Å²) < 4.78 is 14.0. The van der Waals surface area contributed by atoms with E-state index in [1.165, 1.54) is 128 Å². The Labute approximate surface area is 202 Å². The van der Waals surface area contributed by atoms with Crippen LogP contribution in [0.1, 0.15) is 181 Å². The highest BCUT2D eigenvalue weighted by Crippen LogP contribution is 2.18. The van der Waals surface area contributed by atoms with Gasteiger partial charge in [-0.05, 0) is 25.7 Å². The Bertz CT molecular complexity index is 333. The molecule has 0 aliphatic heterocycles. The zero-order valence-corrected chi connectivity index (χ0v) is 22.4. The first kappa shape index (κ1) is 31.9. The van der Waals surface area contributed by atoms with Crippen molar-refractivity contribution in [2.24, 2.45) is 0 Å². The van der Waals surface area contributed by atoms with Crippen LogP contribution in [0.2, 0.25) is 0 Å². The largest absolute Gasteiger partial charge is 0.393 e. The van der Waals surface area contributed by atoms with Crippen LogP contribution in [-0.2, 0) is 0 Å². The summed E-state index contributed by atoms with van der Waals surface area (Å²) in [4.78, 5) is 0. The summed E-state index contributed by atoms with van der Waals surface area (Å²) in [6.07, 6.45) is 31.1. The van der Waals surface area contributed by atoms with Crippen molar-refractivity contribution in [1.29, 1.82) is 0 Å². The molecule has 0 aromatic carbocycles. The van der Waals surface area contributed by atoms with Crippen molar-refractivity contribution in [2.75, 3.05) is 0 Å². The van der Waals surface area contributed by atoms with Crippen LogP contribution in [0.15, 0.2) is 0 Å². The lowest BCUT2D eigenvalue weighted by atomic mass is 10.0. The van der Waals surface area contributed by atoms with Gasteiger partial charge in [0, 0.05) is 0 Å². The maximum atomic E-state index is 14.0. The number of hydrogen-bond donors (Lipinski definition) is 1. The quantitative estimate of drug-likeness (QED) is 0.122. The van der Waals surface area contributed by atoms with Gasteiger partial charge in [-0.2, -0.15) is 0 Å². The van der Waals surface area contributed by atoms with Crippen molar-refractivity contribution >= 4 is 0 Å². The monoisotopic (exact) mass is 456 g/mol. The number of aliphatic hydroxyl groups is 1. The molecule has 2 unspecified atom stereocenters. The Morgan fingerprint density at radius 1 is 0.406 bits per heavy atom. The topological polar surface area (TPSA) is 20.2 Å². The molecule has 0 aliphatic carbocycles. The average molecular weight is 457 g/mol. The Hall–Kier alpha value is -0.110. The van der Waals surface area contributed by atoms with Gasteiger partial charge in [0.05, 0.1) is 6.10 Å². The summed E-state index contributed by atoms with van der Waals surface area (Å²) in [5.41, 5.74) is 0. The van der Waals surface area contributed by atoms with E-state index in [0.717, 1.165) is 38.5 Å². The van der Waals surface area contributed by atoms with Crippen molar-refractivity contribution < 1.29 is 9.50 Å². The summed E-state index contributed by atoms with van der Waals surface area (Å²) in [5, 5.41) is 10.1. The number of alkyl halides is 1. The third-order valence-electron chi connectivity index (χ3n) is 7.07. The third-order valence-corrected chi connectivity index (χ3v) is 7.07. The van der Waals surface area contributed by atoms with Gasteiger partial charge < -0.3 is 5.11 Å². The Balaban J connectivity index is 3.23. The van der Waals surface area contributed by atoms with E-state index in [4.69, 9.17) is 0 Å². The van der Waals surface area contributed by atoms with Crippen LogP contribution >= 0.6 is 0 Å². The number of aliphatic hydroxyl groups excluding tert-OH is 1. The fraction of sp³-hybridized carbons (Fsp3) is 1.00. The lowest BCUT2D eigenvalue weighted by Crippen LogP contribution is -2.05. The minimum Gasteiger partial charge on any atom is -0.393 e. The van der Waals surface area contributed by atoms with Crippen molar-refractivity contribution in [2.45, 2.75) is 193 Å². The average Bonchev–Trinajstić information content (AvgIpc) is 2.79. The zero-order chi connectivity index (χ0) is 23.5. The predicted octanol–water partition coefficient (Wildman–Crippen LogP) is 10.9. The second-order valence-electron chi connectivity index (χ2n) is 10.5. The lowest BCUT2D eigenvalue weighted by molar-refractivity contribution is 0.147. The second kappa shape index (κ2) is 27.1. The van der Waals surface area contributed by atoms with Gasteiger partial charge in [0.1, 0.15) is 6.17 Å². The van der Waals surface area contributed by atoms with Gasteiger partial charge in [-0.25, -0.2) is 4.39 Å². The van der Waals surface area contributed by atoms with Crippen LogP contribution in [0, 0.1) is 0 Å². The standard InChI is InChI=1S/C30H61FO/c1-3-5-7-9-11-15-19-23-27-30(32)28-24-20-16-12-14-18-22-26-29(31)25-21-17-13-10-8-6-4-2/h29-30,32H,3-28H2,1-2H3. The molecule has 0 bridgehead atoms. The fourth-order valence-corrected chi connectivity index (χ4v) is 4.76. The molecule has 0 aromatic rings. The highest BCUT2D eigenvalue weighted by Gasteiger charge is 2.06. The Kier molecular flexibility index (Phi) is 27.0. The molecule has 0 heterocycles. The van der Waals surface area contributed by atoms with E-state index in [1.807, 2.05) is 0 Å². The molecule has 0 spiro atoms. The van der Waals surface area contributed by atoms with Crippen LogP contribution in [0.25, 0.3) is 0 Å². The van der Waals surface area contributed by atoms with Gasteiger partial charge >= 0.3 is 0 Å².